The molecule has 3 aromatic rings. The van der Waals surface area contributed by atoms with E-state index in [9.17, 15) is 9.59 Å². The first kappa shape index (κ1) is 20.8. The lowest BCUT2D eigenvalue weighted by atomic mass is 9.96. The number of benzene rings is 2. The summed E-state index contributed by atoms with van der Waals surface area (Å²) in [5.41, 5.74) is 4.41. The van der Waals surface area contributed by atoms with Crippen LogP contribution >= 0.6 is 0 Å². The number of likely N-dealkylation sites (tertiary alicyclic amines) is 1. The standard InChI is InChI=1S/C24H26N4O3/c1-15-6-11-21(16(2)13-15)24(30)28-12-4-5-19(14-28)23-26-22(27-31-23)18-7-9-20(10-8-18)25-17(3)29/h6-11,13,19H,4-5,12,14H2,1-3H3,(H,25,29). The molecule has 0 aliphatic carbocycles. The lowest BCUT2D eigenvalue weighted by Gasteiger charge is -2.31. The van der Waals surface area contributed by atoms with Gasteiger partial charge in [0, 0.05) is 36.8 Å². The Morgan fingerprint density at radius 1 is 1.13 bits per heavy atom. The van der Waals surface area contributed by atoms with E-state index < -0.39 is 0 Å². The number of nitrogens with zero attached hydrogens (tertiary/aromatic N) is 3. The maximum absolute atomic E-state index is 13.1. The maximum Gasteiger partial charge on any atom is 0.254 e. The van der Waals surface area contributed by atoms with Crippen LogP contribution in [0.25, 0.3) is 11.4 Å². The molecule has 160 valence electrons. The number of rotatable bonds is 4. The van der Waals surface area contributed by atoms with E-state index in [-0.39, 0.29) is 17.7 Å². The summed E-state index contributed by atoms with van der Waals surface area (Å²) in [6, 6.07) is 13.2. The molecule has 1 aromatic heterocycles. The zero-order valence-corrected chi connectivity index (χ0v) is 18.0. The van der Waals surface area contributed by atoms with Crippen LogP contribution in [0.3, 0.4) is 0 Å². The van der Waals surface area contributed by atoms with Gasteiger partial charge in [0.2, 0.25) is 17.6 Å². The zero-order chi connectivity index (χ0) is 22.0. The van der Waals surface area contributed by atoms with E-state index in [1.807, 2.05) is 49.1 Å². The normalized spacial score (nSPS) is 16.2. The summed E-state index contributed by atoms with van der Waals surface area (Å²) in [6.45, 7) is 6.77. The molecule has 1 atom stereocenters. The van der Waals surface area contributed by atoms with Crippen molar-refractivity contribution in [3.63, 3.8) is 0 Å². The Morgan fingerprint density at radius 3 is 2.61 bits per heavy atom. The zero-order valence-electron chi connectivity index (χ0n) is 18.0. The van der Waals surface area contributed by atoms with Gasteiger partial charge in [-0.25, -0.2) is 0 Å². The third kappa shape index (κ3) is 4.66. The van der Waals surface area contributed by atoms with E-state index in [1.54, 1.807) is 12.1 Å². The minimum Gasteiger partial charge on any atom is -0.339 e. The average Bonchev–Trinajstić information content (AvgIpc) is 3.24. The summed E-state index contributed by atoms with van der Waals surface area (Å²) in [6.07, 6.45) is 1.80. The molecule has 1 saturated heterocycles. The molecule has 0 radical (unpaired) electrons. The predicted octanol–water partition coefficient (Wildman–Crippen LogP) is 4.33. The highest BCUT2D eigenvalue weighted by atomic mass is 16.5. The first-order valence-electron chi connectivity index (χ1n) is 10.5. The first-order chi connectivity index (χ1) is 14.9. The van der Waals surface area contributed by atoms with Crippen molar-refractivity contribution in [3.8, 4) is 11.4 Å². The number of aromatic nitrogens is 2. The van der Waals surface area contributed by atoms with Gasteiger partial charge in [-0.1, -0.05) is 22.9 Å². The number of carbonyl (C=O) groups excluding carboxylic acids is 2. The summed E-state index contributed by atoms with van der Waals surface area (Å²) in [7, 11) is 0. The van der Waals surface area contributed by atoms with Crippen LogP contribution in [0.4, 0.5) is 5.69 Å². The van der Waals surface area contributed by atoms with Crippen LogP contribution in [0.1, 0.15) is 53.1 Å². The van der Waals surface area contributed by atoms with E-state index in [4.69, 9.17) is 4.52 Å². The monoisotopic (exact) mass is 418 g/mol. The van der Waals surface area contributed by atoms with E-state index in [0.717, 1.165) is 41.6 Å². The minimum atomic E-state index is -0.119. The van der Waals surface area contributed by atoms with Gasteiger partial charge in [0.1, 0.15) is 0 Å². The summed E-state index contributed by atoms with van der Waals surface area (Å²) in [5, 5.41) is 6.86. The van der Waals surface area contributed by atoms with Crippen LogP contribution in [0, 0.1) is 13.8 Å². The highest BCUT2D eigenvalue weighted by Gasteiger charge is 2.29. The smallest absolute Gasteiger partial charge is 0.254 e. The highest BCUT2D eigenvalue weighted by Crippen LogP contribution is 2.29. The largest absolute Gasteiger partial charge is 0.339 e. The molecule has 1 N–H and O–H groups in total. The molecule has 1 fully saturated rings. The molecule has 0 bridgehead atoms. The second kappa shape index (κ2) is 8.71. The van der Waals surface area contributed by atoms with Gasteiger partial charge in [-0.05, 0) is 62.6 Å². The second-order valence-corrected chi connectivity index (χ2v) is 8.12. The van der Waals surface area contributed by atoms with Gasteiger partial charge in [0.15, 0.2) is 0 Å². The van der Waals surface area contributed by atoms with Crippen LogP contribution in [-0.4, -0.2) is 39.9 Å². The Kier molecular flexibility index (Phi) is 5.84. The molecule has 4 rings (SSSR count). The van der Waals surface area contributed by atoms with E-state index in [0.29, 0.717) is 23.9 Å². The molecule has 7 heteroatoms. The second-order valence-electron chi connectivity index (χ2n) is 8.12. The van der Waals surface area contributed by atoms with Crippen molar-refractivity contribution in [1.82, 2.24) is 15.0 Å². The van der Waals surface area contributed by atoms with Crippen molar-refractivity contribution in [2.45, 2.75) is 39.5 Å². The quantitative estimate of drug-likeness (QED) is 0.681. The Labute approximate surface area is 181 Å². The third-order valence-corrected chi connectivity index (χ3v) is 5.58. The van der Waals surface area contributed by atoms with Crippen molar-refractivity contribution in [1.29, 1.82) is 0 Å². The number of aryl methyl sites for hydroxylation is 2. The van der Waals surface area contributed by atoms with Crippen molar-refractivity contribution in [3.05, 3.63) is 65.0 Å². The number of amides is 2. The molecular weight excluding hydrogens is 392 g/mol. The number of hydrogen-bond donors (Lipinski definition) is 1. The van der Waals surface area contributed by atoms with Crippen molar-refractivity contribution in [2.75, 3.05) is 18.4 Å². The molecule has 0 saturated carbocycles. The fourth-order valence-corrected chi connectivity index (χ4v) is 4.01. The Morgan fingerprint density at radius 2 is 1.90 bits per heavy atom. The molecule has 2 amide bonds. The summed E-state index contributed by atoms with van der Waals surface area (Å²) < 4.78 is 5.56. The first-order valence-corrected chi connectivity index (χ1v) is 10.5. The molecule has 1 aliphatic rings. The predicted molar refractivity (Wildman–Crippen MR) is 118 cm³/mol. The number of nitrogens with one attached hydrogen (secondary N) is 1. The van der Waals surface area contributed by atoms with Crippen LogP contribution in [0.2, 0.25) is 0 Å². The lowest BCUT2D eigenvalue weighted by Crippen LogP contribution is -2.39. The molecule has 2 aromatic carbocycles. The maximum atomic E-state index is 13.1. The van der Waals surface area contributed by atoms with Crippen LogP contribution < -0.4 is 5.32 Å². The van der Waals surface area contributed by atoms with Gasteiger partial charge in [0.25, 0.3) is 5.91 Å². The average molecular weight is 418 g/mol. The van der Waals surface area contributed by atoms with Crippen molar-refractivity contribution in [2.24, 2.45) is 0 Å². The summed E-state index contributed by atoms with van der Waals surface area (Å²) >= 11 is 0. The fraction of sp³-hybridized carbons (Fsp3) is 0.333. The van der Waals surface area contributed by atoms with Gasteiger partial charge in [0.05, 0.1) is 5.92 Å². The molecular formula is C24H26N4O3. The van der Waals surface area contributed by atoms with E-state index >= 15 is 0 Å². The lowest BCUT2D eigenvalue weighted by molar-refractivity contribution is -0.114. The van der Waals surface area contributed by atoms with Crippen molar-refractivity contribution >= 4 is 17.5 Å². The van der Waals surface area contributed by atoms with Crippen LogP contribution in [0.15, 0.2) is 47.0 Å². The number of anilines is 1. The van der Waals surface area contributed by atoms with Crippen molar-refractivity contribution < 1.29 is 14.1 Å². The highest BCUT2D eigenvalue weighted by molar-refractivity contribution is 5.95. The summed E-state index contributed by atoms with van der Waals surface area (Å²) in [4.78, 5) is 30.7. The van der Waals surface area contributed by atoms with Gasteiger partial charge in [-0.15, -0.1) is 0 Å². The minimum absolute atomic E-state index is 0.0170. The Balaban J connectivity index is 1.47. The number of piperidine rings is 1. The Bertz CT molecular complexity index is 1100. The molecule has 2 heterocycles. The number of hydrogen-bond acceptors (Lipinski definition) is 5. The van der Waals surface area contributed by atoms with Gasteiger partial charge >= 0.3 is 0 Å². The van der Waals surface area contributed by atoms with Gasteiger partial charge in [-0.2, -0.15) is 4.98 Å². The van der Waals surface area contributed by atoms with Gasteiger partial charge in [-0.3, -0.25) is 9.59 Å². The van der Waals surface area contributed by atoms with Crippen LogP contribution in [0.5, 0.6) is 0 Å². The third-order valence-electron chi connectivity index (χ3n) is 5.58. The van der Waals surface area contributed by atoms with Crippen LogP contribution in [-0.2, 0) is 4.79 Å². The SMILES string of the molecule is CC(=O)Nc1ccc(-c2noc(C3CCCN(C(=O)c4ccc(C)cc4C)C3)n2)cc1. The molecule has 1 aliphatic heterocycles. The Hall–Kier alpha value is -3.48. The van der Waals surface area contributed by atoms with Gasteiger partial charge < -0.3 is 14.7 Å². The fourth-order valence-electron chi connectivity index (χ4n) is 4.01. The number of carbonyl (C=O) groups is 2. The van der Waals surface area contributed by atoms with E-state index in [2.05, 4.69) is 15.5 Å². The topological polar surface area (TPSA) is 88.3 Å². The molecule has 0 spiro atoms. The summed E-state index contributed by atoms with van der Waals surface area (Å²) in [5.74, 6) is 1.01. The van der Waals surface area contributed by atoms with E-state index in [1.165, 1.54) is 6.92 Å². The molecule has 31 heavy (non-hydrogen) atoms. The molecule has 1 unspecified atom stereocenters. The molecule has 7 nitrogen and oxygen atoms in total.